The van der Waals surface area contributed by atoms with Gasteiger partial charge < -0.3 is 14.3 Å². The summed E-state index contributed by atoms with van der Waals surface area (Å²) in [5.74, 6) is 1.65. The molecule has 7 rings (SSSR count). The Bertz CT molecular complexity index is 1620. The molecule has 180 valence electrons. The van der Waals surface area contributed by atoms with Gasteiger partial charge in [-0.25, -0.2) is 0 Å². The van der Waals surface area contributed by atoms with Crippen molar-refractivity contribution in [3.8, 4) is 34.1 Å². The molecule has 3 heterocycles. The summed E-state index contributed by atoms with van der Waals surface area (Å²) in [6.45, 7) is 4.26. The molecule has 0 atom stereocenters. The molecule has 0 amide bonds. The summed E-state index contributed by atoms with van der Waals surface area (Å²) in [6, 6.07) is 38.4. The van der Waals surface area contributed by atoms with E-state index in [0.717, 1.165) is 45.2 Å². The predicted octanol–water partition coefficient (Wildman–Crippen LogP) is 6.78. The molecule has 0 spiro atoms. The van der Waals surface area contributed by atoms with Crippen molar-refractivity contribution in [3.63, 3.8) is 0 Å². The zero-order valence-electron chi connectivity index (χ0n) is 20.4. The van der Waals surface area contributed by atoms with Crippen LogP contribution in [0.1, 0.15) is 11.1 Å². The number of hydrogen-bond acceptors (Lipinski definition) is 2. The largest absolute Gasteiger partial charge is 3.00 e. The molecule has 1 aliphatic heterocycles. The molecule has 0 saturated heterocycles. The van der Waals surface area contributed by atoms with E-state index in [4.69, 9.17) is 4.74 Å². The number of benzene rings is 4. The van der Waals surface area contributed by atoms with Crippen molar-refractivity contribution in [3.05, 3.63) is 133 Å². The molecule has 0 saturated carbocycles. The van der Waals surface area contributed by atoms with Gasteiger partial charge in [0.2, 0.25) is 0 Å². The molecular formula is C32H23IrN3O+. The van der Waals surface area contributed by atoms with E-state index < -0.39 is 0 Å². The van der Waals surface area contributed by atoms with Crippen LogP contribution in [0.3, 0.4) is 0 Å². The maximum atomic E-state index is 6.07. The second kappa shape index (κ2) is 10.5. The van der Waals surface area contributed by atoms with Crippen molar-refractivity contribution >= 4 is 11.0 Å². The zero-order chi connectivity index (χ0) is 24.5. The van der Waals surface area contributed by atoms with Crippen molar-refractivity contribution in [1.29, 1.82) is 0 Å². The molecule has 0 bridgehead atoms. The zero-order valence-corrected chi connectivity index (χ0v) is 22.8. The maximum Gasteiger partial charge on any atom is 3.00 e. The number of ether oxygens (including phenoxy) is 1. The van der Waals surface area contributed by atoms with Gasteiger partial charge in [-0.15, -0.1) is 42.0 Å². The average molecular weight is 658 g/mol. The van der Waals surface area contributed by atoms with Gasteiger partial charge in [-0.05, 0) is 48.5 Å². The van der Waals surface area contributed by atoms with Crippen molar-refractivity contribution in [2.75, 3.05) is 0 Å². The van der Waals surface area contributed by atoms with Gasteiger partial charge in [-0.2, -0.15) is 18.2 Å². The number of pyridine rings is 1. The Morgan fingerprint density at radius 3 is 2.27 bits per heavy atom. The van der Waals surface area contributed by atoms with Crippen LogP contribution < -0.4 is 9.30 Å². The van der Waals surface area contributed by atoms with Gasteiger partial charge in [0, 0.05) is 11.9 Å². The Labute approximate surface area is 230 Å². The molecule has 6 aromatic rings. The van der Waals surface area contributed by atoms with E-state index >= 15 is 0 Å². The first-order chi connectivity index (χ1) is 17.7. The number of hydrogen-bond donors (Lipinski definition) is 0. The molecule has 5 heteroatoms. The number of para-hydroxylation sites is 3. The topological polar surface area (TPSA) is 30.9 Å². The average Bonchev–Trinajstić information content (AvgIpc) is 3.31. The van der Waals surface area contributed by atoms with Gasteiger partial charge in [-0.3, -0.25) is 4.57 Å². The Kier molecular flexibility index (Phi) is 7.00. The second-order valence-electron chi connectivity index (χ2n) is 8.61. The maximum absolute atomic E-state index is 6.07. The van der Waals surface area contributed by atoms with E-state index in [1.54, 1.807) is 6.20 Å². The Morgan fingerprint density at radius 2 is 1.51 bits per heavy atom. The van der Waals surface area contributed by atoms with E-state index in [2.05, 4.69) is 70.7 Å². The van der Waals surface area contributed by atoms with Crippen LogP contribution in [0.2, 0.25) is 0 Å². The number of nitrogens with zero attached hydrogens (tertiary/aromatic N) is 3. The normalized spacial score (nSPS) is 11.0. The fraction of sp³-hybridized carbons (Fsp3) is 0.0625. The van der Waals surface area contributed by atoms with Crippen LogP contribution in [0.4, 0.5) is 0 Å². The van der Waals surface area contributed by atoms with Crippen LogP contribution in [0.25, 0.3) is 33.7 Å². The summed E-state index contributed by atoms with van der Waals surface area (Å²) in [7, 11) is 0. The van der Waals surface area contributed by atoms with Crippen LogP contribution in [-0.4, -0.2) is 9.55 Å². The van der Waals surface area contributed by atoms with Crippen molar-refractivity contribution in [2.45, 2.75) is 13.8 Å². The fourth-order valence-electron chi connectivity index (χ4n) is 4.56. The van der Waals surface area contributed by atoms with Gasteiger partial charge in [0.25, 0.3) is 6.33 Å². The van der Waals surface area contributed by atoms with Crippen molar-refractivity contribution in [2.24, 2.45) is 0 Å². The minimum Gasteiger partial charge on any atom is -0.523 e. The predicted molar refractivity (Wildman–Crippen MR) is 141 cm³/mol. The molecule has 0 aliphatic carbocycles. The Balaban J connectivity index is 0.000000183. The van der Waals surface area contributed by atoms with Crippen molar-refractivity contribution in [1.82, 2.24) is 9.55 Å². The van der Waals surface area contributed by atoms with Crippen molar-refractivity contribution < 1.29 is 29.4 Å². The molecule has 4 aromatic carbocycles. The second-order valence-corrected chi connectivity index (χ2v) is 8.61. The molecule has 0 unspecified atom stereocenters. The van der Waals surface area contributed by atoms with E-state index in [0.29, 0.717) is 0 Å². The first-order valence-corrected chi connectivity index (χ1v) is 11.8. The standard InChI is InChI=1S/C21H15N2O.C11H8N.Ir/c1-14-7-5-8-15(2)20(14)23-13-22-16-9-3-4-11-18(16)24-19-12-6-10-17(23)21(19)22;1-2-6-10(7-3-1)11-8-4-5-9-12-11;/h3-8,10-12H,1-2H3;1-6,8-9H;/q2*-1;+3. The van der Waals surface area contributed by atoms with Crippen LogP contribution >= 0.6 is 0 Å². The summed E-state index contributed by atoms with van der Waals surface area (Å²) in [5.41, 5.74) is 8.61. The first kappa shape index (κ1) is 24.6. The summed E-state index contributed by atoms with van der Waals surface area (Å²) in [4.78, 5) is 4.22. The fourth-order valence-corrected chi connectivity index (χ4v) is 4.56. The molecule has 4 nitrogen and oxygen atoms in total. The quantitative estimate of drug-likeness (QED) is 0.152. The molecule has 1 aliphatic rings. The minimum absolute atomic E-state index is 0. The van der Waals surface area contributed by atoms with E-state index in [1.165, 1.54) is 11.1 Å². The minimum atomic E-state index is 0. The summed E-state index contributed by atoms with van der Waals surface area (Å²) >= 11 is 0. The van der Waals surface area contributed by atoms with Gasteiger partial charge in [0.05, 0.1) is 11.2 Å². The number of rotatable bonds is 2. The van der Waals surface area contributed by atoms with Crippen LogP contribution in [0.5, 0.6) is 11.5 Å². The molecule has 0 N–H and O–H groups in total. The smallest absolute Gasteiger partial charge is 0.523 e. The van der Waals surface area contributed by atoms with E-state index in [1.807, 2.05) is 72.8 Å². The van der Waals surface area contributed by atoms with Gasteiger partial charge in [0.1, 0.15) is 11.3 Å². The Morgan fingerprint density at radius 1 is 0.757 bits per heavy atom. The molecule has 2 aromatic heterocycles. The third-order valence-electron chi connectivity index (χ3n) is 6.20. The van der Waals surface area contributed by atoms with Crippen LogP contribution in [0.15, 0.2) is 103 Å². The SMILES string of the molecule is Cc1cccc(C)c1-n1[c-][n+]2c3c(cccc31)Oc1ccc[c-]c1-2.[Ir+3].[c-]1ccccc1-c1ccccn1. The summed E-state index contributed by atoms with van der Waals surface area (Å²) in [5, 5.41) is 0. The number of aryl methyl sites for hydroxylation is 2. The van der Waals surface area contributed by atoms with Gasteiger partial charge in [-0.1, -0.05) is 42.5 Å². The molecule has 0 fully saturated rings. The summed E-state index contributed by atoms with van der Waals surface area (Å²) in [6.07, 6.45) is 5.30. The van der Waals surface area contributed by atoms with Crippen LogP contribution in [-0.2, 0) is 20.1 Å². The van der Waals surface area contributed by atoms with Gasteiger partial charge >= 0.3 is 20.1 Å². The molecule has 37 heavy (non-hydrogen) atoms. The molecule has 0 radical (unpaired) electrons. The first-order valence-electron chi connectivity index (χ1n) is 11.8. The van der Waals surface area contributed by atoms with Crippen LogP contribution in [0, 0.1) is 32.3 Å². The Hall–Kier alpha value is -4.05. The van der Waals surface area contributed by atoms with Gasteiger partial charge in [0.15, 0.2) is 0 Å². The third kappa shape index (κ3) is 4.60. The van der Waals surface area contributed by atoms with E-state index in [9.17, 15) is 0 Å². The monoisotopic (exact) mass is 658 g/mol. The third-order valence-corrected chi connectivity index (χ3v) is 6.20. The van der Waals surface area contributed by atoms with E-state index in [-0.39, 0.29) is 20.1 Å². The number of fused-ring (bicyclic) bond motifs is 2. The number of aromatic nitrogens is 3. The molecular weight excluding hydrogens is 635 g/mol. The number of imidazole rings is 1. The summed E-state index contributed by atoms with van der Waals surface area (Å²) < 4.78 is 10.3.